The quantitative estimate of drug-likeness (QED) is 0.712. The second-order valence-corrected chi connectivity index (χ2v) is 9.51. The first-order valence-electron chi connectivity index (χ1n) is 9.68. The van der Waals surface area contributed by atoms with E-state index in [-0.39, 0.29) is 35.6 Å². The third-order valence-corrected chi connectivity index (χ3v) is 7.87. The molecule has 2 aromatic rings. The van der Waals surface area contributed by atoms with Crippen LogP contribution in [0.4, 0.5) is 8.78 Å². The van der Waals surface area contributed by atoms with Gasteiger partial charge in [0.1, 0.15) is 10.6 Å². The lowest BCUT2D eigenvalue weighted by Gasteiger charge is -2.34. The van der Waals surface area contributed by atoms with Gasteiger partial charge in [-0.05, 0) is 51.3 Å². The predicted octanol–water partition coefficient (Wildman–Crippen LogP) is 3.19. The number of halogens is 2. The number of nitrogens with zero attached hydrogens (tertiary/aromatic N) is 3. The van der Waals surface area contributed by atoms with Gasteiger partial charge in [-0.2, -0.15) is 4.31 Å². The minimum absolute atomic E-state index is 0.0800. The van der Waals surface area contributed by atoms with E-state index < -0.39 is 27.7 Å². The van der Waals surface area contributed by atoms with E-state index in [9.17, 15) is 22.0 Å². The van der Waals surface area contributed by atoms with E-state index in [1.54, 1.807) is 27.8 Å². The molecule has 0 aliphatic carbocycles. The lowest BCUT2D eigenvalue weighted by Crippen LogP contribution is -2.44. The fraction of sp³-hybridized carbons (Fsp3) is 0.500. The molecule has 164 valence electrons. The summed E-state index contributed by atoms with van der Waals surface area (Å²) in [6.45, 7) is 5.28. The topological polar surface area (TPSA) is 83.7 Å². The van der Waals surface area contributed by atoms with Crippen LogP contribution in [-0.4, -0.2) is 48.8 Å². The molecule has 0 bridgehead atoms. The fourth-order valence-corrected chi connectivity index (χ4v) is 5.55. The van der Waals surface area contributed by atoms with Gasteiger partial charge < -0.3 is 9.42 Å². The van der Waals surface area contributed by atoms with Crippen LogP contribution in [0.15, 0.2) is 27.6 Å². The second-order valence-electron chi connectivity index (χ2n) is 7.63. The summed E-state index contributed by atoms with van der Waals surface area (Å²) in [7, 11) is -2.13. The Kier molecular flexibility index (Phi) is 6.28. The first-order chi connectivity index (χ1) is 14.0. The summed E-state index contributed by atoms with van der Waals surface area (Å²) < 4.78 is 58.9. The molecular weight excluding hydrogens is 416 g/mol. The average molecular weight is 442 g/mol. The van der Waals surface area contributed by atoms with Crippen molar-refractivity contribution in [1.82, 2.24) is 14.4 Å². The summed E-state index contributed by atoms with van der Waals surface area (Å²) >= 11 is 0. The van der Waals surface area contributed by atoms with Gasteiger partial charge in [-0.25, -0.2) is 17.2 Å². The van der Waals surface area contributed by atoms with E-state index in [2.05, 4.69) is 5.16 Å². The molecule has 1 saturated heterocycles. The van der Waals surface area contributed by atoms with Crippen molar-refractivity contribution >= 4 is 15.9 Å². The number of carbonyl (C=O) groups is 1. The van der Waals surface area contributed by atoms with E-state index in [0.717, 1.165) is 12.1 Å². The van der Waals surface area contributed by atoms with Gasteiger partial charge in [0.05, 0.1) is 6.04 Å². The van der Waals surface area contributed by atoms with Crippen LogP contribution in [0.2, 0.25) is 0 Å². The van der Waals surface area contributed by atoms with E-state index in [0.29, 0.717) is 24.1 Å². The fourth-order valence-electron chi connectivity index (χ4n) is 3.79. The number of amides is 1. The maximum absolute atomic E-state index is 13.5. The second kappa shape index (κ2) is 8.43. The van der Waals surface area contributed by atoms with Gasteiger partial charge in [0, 0.05) is 26.1 Å². The smallest absolute Gasteiger partial charge is 0.248 e. The summed E-state index contributed by atoms with van der Waals surface area (Å²) in [5.74, 6) is -2.16. The van der Waals surface area contributed by atoms with Crippen molar-refractivity contribution in [3.8, 4) is 0 Å². The average Bonchev–Trinajstić information content (AvgIpc) is 3.07. The highest BCUT2D eigenvalue weighted by Crippen LogP contribution is 2.30. The van der Waals surface area contributed by atoms with Crippen LogP contribution in [0.1, 0.15) is 42.8 Å². The molecule has 1 aliphatic rings. The van der Waals surface area contributed by atoms with Crippen LogP contribution in [0.5, 0.6) is 0 Å². The van der Waals surface area contributed by atoms with Crippen molar-refractivity contribution in [3.05, 3.63) is 46.9 Å². The predicted molar refractivity (Wildman–Crippen MR) is 105 cm³/mol. The lowest BCUT2D eigenvalue weighted by atomic mass is 9.95. The highest BCUT2D eigenvalue weighted by molar-refractivity contribution is 7.89. The van der Waals surface area contributed by atoms with Gasteiger partial charge in [0.2, 0.25) is 15.9 Å². The normalized spacial score (nSPS) is 17.1. The summed E-state index contributed by atoms with van der Waals surface area (Å²) in [5, 5.41) is 3.71. The summed E-state index contributed by atoms with van der Waals surface area (Å²) in [6, 6.07) is 3.13. The first kappa shape index (κ1) is 22.4. The molecule has 1 fully saturated rings. The molecule has 0 radical (unpaired) electrons. The number of hydrogen-bond acceptors (Lipinski definition) is 5. The van der Waals surface area contributed by atoms with Gasteiger partial charge in [-0.15, -0.1) is 0 Å². The van der Waals surface area contributed by atoms with Crippen molar-refractivity contribution in [2.24, 2.45) is 5.92 Å². The van der Waals surface area contributed by atoms with Gasteiger partial charge in [0.15, 0.2) is 17.4 Å². The molecule has 30 heavy (non-hydrogen) atoms. The van der Waals surface area contributed by atoms with Gasteiger partial charge in [-0.3, -0.25) is 4.79 Å². The molecule has 1 amide bonds. The van der Waals surface area contributed by atoms with Gasteiger partial charge >= 0.3 is 0 Å². The van der Waals surface area contributed by atoms with Crippen LogP contribution < -0.4 is 0 Å². The summed E-state index contributed by atoms with van der Waals surface area (Å²) in [6.07, 6.45) is 0.743. The monoisotopic (exact) mass is 441 g/mol. The number of sulfonamides is 1. The Morgan fingerprint density at radius 2 is 1.87 bits per heavy atom. The Bertz CT molecular complexity index is 1030. The number of hydrogen-bond donors (Lipinski definition) is 0. The van der Waals surface area contributed by atoms with Crippen molar-refractivity contribution < 1.29 is 26.5 Å². The van der Waals surface area contributed by atoms with Gasteiger partial charge in [0.25, 0.3) is 0 Å². The molecule has 0 N–H and O–H groups in total. The van der Waals surface area contributed by atoms with Crippen LogP contribution in [-0.2, 0) is 14.8 Å². The molecule has 1 aromatic carbocycles. The minimum atomic E-state index is -3.74. The first-order valence-corrected chi connectivity index (χ1v) is 11.1. The molecule has 1 aliphatic heterocycles. The van der Waals surface area contributed by atoms with E-state index in [4.69, 9.17) is 4.52 Å². The van der Waals surface area contributed by atoms with Crippen molar-refractivity contribution in [2.45, 2.75) is 44.6 Å². The number of rotatable bonds is 5. The molecule has 1 aromatic heterocycles. The zero-order valence-corrected chi connectivity index (χ0v) is 18.2. The van der Waals surface area contributed by atoms with E-state index >= 15 is 0 Å². The Morgan fingerprint density at radius 1 is 1.23 bits per heavy atom. The molecular formula is C20H25F2N3O4S. The standard InChI is InChI=1S/C20H25F2N3O4S/c1-12-19(14(3)29-23-12)30(27,28)25-9-7-15(8-10-25)20(26)24(4)13(2)16-5-6-17(21)18(22)11-16/h5-6,11,13,15H,7-10H2,1-4H3. The van der Waals surface area contributed by atoms with Crippen LogP contribution >= 0.6 is 0 Å². The Morgan fingerprint density at radius 3 is 2.40 bits per heavy atom. The zero-order chi connectivity index (χ0) is 22.2. The van der Waals surface area contributed by atoms with E-state index in [1.165, 1.54) is 15.3 Å². The van der Waals surface area contributed by atoms with Crippen LogP contribution in [0, 0.1) is 31.4 Å². The number of benzene rings is 1. The number of aromatic nitrogens is 1. The molecule has 1 atom stereocenters. The molecule has 10 heteroatoms. The molecule has 0 saturated carbocycles. The number of aryl methyl sites for hydroxylation is 2. The third-order valence-electron chi connectivity index (χ3n) is 5.72. The minimum Gasteiger partial charge on any atom is -0.360 e. The number of carbonyl (C=O) groups excluding carboxylic acids is 1. The van der Waals surface area contributed by atoms with Crippen LogP contribution in [0.25, 0.3) is 0 Å². The largest absolute Gasteiger partial charge is 0.360 e. The zero-order valence-electron chi connectivity index (χ0n) is 17.4. The molecule has 1 unspecified atom stereocenters. The summed E-state index contributed by atoms with van der Waals surface area (Å²) in [4.78, 5) is 14.5. The van der Waals surface area contributed by atoms with Crippen molar-refractivity contribution in [2.75, 3.05) is 20.1 Å². The maximum Gasteiger partial charge on any atom is 0.248 e. The molecule has 2 heterocycles. The van der Waals surface area contributed by atoms with E-state index in [1.807, 2.05) is 0 Å². The maximum atomic E-state index is 13.5. The van der Waals surface area contributed by atoms with Crippen molar-refractivity contribution in [1.29, 1.82) is 0 Å². The Labute approximate surface area is 174 Å². The molecule has 0 spiro atoms. The molecule has 3 rings (SSSR count). The summed E-state index contributed by atoms with van der Waals surface area (Å²) in [5.41, 5.74) is 0.800. The van der Waals surface area contributed by atoms with Gasteiger partial charge in [-0.1, -0.05) is 11.2 Å². The van der Waals surface area contributed by atoms with Crippen molar-refractivity contribution in [3.63, 3.8) is 0 Å². The third kappa shape index (κ3) is 4.11. The lowest BCUT2D eigenvalue weighted by molar-refractivity contribution is -0.137. The SMILES string of the molecule is Cc1noc(C)c1S(=O)(=O)N1CCC(C(=O)N(C)C(C)c2ccc(F)c(F)c2)CC1. The molecule has 7 nitrogen and oxygen atoms in total. The Hall–Kier alpha value is -2.33. The van der Waals surface area contributed by atoms with Crippen LogP contribution in [0.3, 0.4) is 0 Å². The number of piperidine rings is 1. The Balaban J connectivity index is 1.67. The highest BCUT2D eigenvalue weighted by atomic mass is 32.2. The highest BCUT2D eigenvalue weighted by Gasteiger charge is 2.36.